The van der Waals surface area contributed by atoms with E-state index in [2.05, 4.69) is 206 Å². The van der Waals surface area contributed by atoms with Gasteiger partial charge in [-0.05, 0) is 114 Å². The van der Waals surface area contributed by atoms with Crippen molar-refractivity contribution in [3.63, 3.8) is 0 Å². The molecule has 0 radical (unpaired) electrons. The van der Waals surface area contributed by atoms with Gasteiger partial charge in [-0.3, -0.25) is 0 Å². The molecule has 248 valence electrons. The molecule has 1 spiro atoms. The Labute approximate surface area is 310 Å². The minimum Gasteiger partial charge on any atom is -0.310 e. The molecule has 1 nitrogen and oxygen atoms in total. The highest BCUT2D eigenvalue weighted by molar-refractivity contribution is 6.11. The molecular weight excluding hydrogens is 639 g/mol. The van der Waals surface area contributed by atoms with E-state index in [1.807, 2.05) is 0 Å². The Morgan fingerprint density at radius 2 is 0.868 bits per heavy atom. The largest absolute Gasteiger partial charge is 0.310 e. The first kappa shape index (κ1) is 30.0. The molecule has 9 aromatic carbocycles. The van der Waals surface area contributed by atoms with Gasteiger partial charge in [0.1, 0.15) is 0 Å². The molecular formula is C52H35N. The summed E-state index contributed by atoms with van der Waals surface area (Å²) in [5.74, 6) is 0. The van der Waals surface area contributed by atoms with E-state index in [0.29, 0.717) is 0 Å². The van der Waals surface area contributed by atoms with E-state index in [4.69, 9.17) is 0 Å². The van der Waals surface area contributed by atoms with Crippen LogP contribution in [-0.2, 0) is 5.41 Å². The summed E-state index contributed by atoms with van der Waals surface area (Å²) >= 11 is 0. The number of anilines is 3. The summed E-state index contributed by atoms with van der Waals surface area (Å²) in [5.41, 5.74) is 17.4. The van der Waals surface area contributed by atoms with Crippen molar-refractivity contribution in [2.75, 3.05) is 4.90 Å². The van der Waals surface area contributed by atoms with Crippen LogP contribution in [-0.4, -0.2) is 0 Å². The van der Waals surface area contributed by atoms with E-state index in [-0.39, 0.29) is 5.41 Å². The average molecular weight is 674 g/mol. The second-order valence-corrected chi connectivity index (χ2v) is 14.5. The van der Waals surface area contributed by atoms with Crippen molar-refractivity contribution in [3.05, 3.63) is 222 Å². The maximum atomic E-state index is 2.49. The lowest BCUT2D eigenvalue weighted by Gasteiger charge is -2.32. The standard InChI is InChI=1S/C52H35N/c1-34-14-12-18-37(32-34)53(50-31-28-36-16-3-5-20-40(36)51(50)44-24-13-17-35-15-2-4-19-39(35)44)38-29-30-49-45(33-38)43-23-8-11-27-48(43)52(49)46-25-9-6-21-41(46)42-22-7-10-26-47(42)52/h2-33H,1H3. The second kappa shape index (κ2) is 11.4. The van der Waals surface area contributed by atoms with Crippen molar-refractivity contribution in [2.24, 2.45) is 0 Å². The van der Waals surface area contributed by atoms with Gasteiger partial charge in [-0.2, -0.15) is 0 Å². The number of rotatable bonds is 4. The van der Waals surface area contributed by atoms with Gasteiger partial charge in [0.15, 0.2) is 0 Å². The lowest BCUT2D eigenvalue weighted by molar-refractivity contribution is 0.794. The van der Waals surface area contributed by atoms with E-state index in [1.54, 1.807) is 0 Å². The molecule has 0 aromatic heterocycles. The molecule has 0 heterocycles. The molecule has 0 bridgehead atoms. The molecule has 0 amide bonds. The Hall–Kier alpha value is -6.70. The van der Waals surface area contributed by atoms with Crippen LogP contribution in [0.1, 0.15) is 27.8 Å². The summed E-state index contributed by atoms with van der Waals surface area (Å²) in [6, 6.07) is 72.2. The predicted octanol–water partition coefficient (Wildman–Crippen LogP) is 13.8. The lowest BCUT2D eigenvalue weighted by atomic mass is 9.70. The minimum absolute atomic E-state index is 0.372. The van der Waals surface area contributed by atoms with Gasteiger partial charge in [0.25, 0.3) is 0 Å². The van der Waals surface area contributed by atoms with Crippen LogP contribution >= 0.6 is 0 Å². The molecule has 0 fully saturated rings. The van der Waals surface area contributed by atoms with Crippen LogP contribution in [0.25, 0.3) is 54.9 Å². The van der Waals surface area contributed by atoms with Crippen LogP contribution in [0.3, 0.4) is 0 Å². The van der Waals surface area contributed by atoms with Crippen LogP contribution in [0, 0.1) is 6.92 Å². The Balaban J connectivity index is 1.22. The van der Waals surface area contributed by atoms with Gasteiger partial charge in [-0.15, -0.1) is 0 Å². The summed E-state index contributed by atoms with van der Waals surface area (Å²) in [6.07, 6.45) is 0. The van der Waals surface area contributed by atoms with Gasteiger partial charge >= 0.3 is 0 Å². The molecule has 0 N–H and O–H groups in total. The normalized spacial score (nSPS) is 13.2. The van der Waals surface area contributed by atoms with Crippen molar-refractivity contribution in [3.8, 4) is 33.4 Å². The Kier molecular flexibility index (Phi) is 6.45. The first-order chi connectivity index (χ1) is 26.2. The highest BCUT2D eigenvalue weighted by Gasteiger charge is 2.51. The molecule has 0 atom stereocenters. The summed E-state index contributed by atoms with van der Waals surface area (Å²) in [5, 5.41) is 4.96. The van der Waals surface area contributed by atoms with Gasteiger partial charge in [0.2, 0.25) is 0 Å². The molecule has 1 heteroatoms. The maximum absolute atomic E-state index is 2.49. The number of aryl methyl sites for hydroxylation is 1. The third-order valence-corrected chi connectivity index (χ3v) is 11.7. The monoisotopic (exact) mass is 673 g/mol. The first-order valence-corrected chi connectivity index (χ1v) is 18.5. The molecule has 2 aliphatic rings. The van der Waals surface area contributed by atoms with Crippen molar-refractivity contribution in [2.45, 2.75) is 12.3 Å². The molecule has 2 aliphatic carbocycles. The first-order valence-electron chi connectivity index (χ1n) is 18.5. The molecule has 9 aromatic rings. The van der Waals surface area contributed by atoms with Crippen LogP contribution in [0.5, 0.6) is 0 Å². The number of fused-ring (bicyclic) bond motifs is 12. The second-order valence-electron chi connectivity index (χ2n) is 14.5. The lowest BCUT2D eigenvalue weighted by Crippen LogP contribution is -2.25. The molecule has 53 heavy (non-hydrogen) atoms. The number of hydrogen-bond donors (Lipinski definition) is 0. The topological polar surface area (TPSA) is 3.24 Å². The highest BCUT2D eigenvalue weighted by atomic mass is 15.1. The van der Waals surface area contributed by atoms with E-state index in [1.165, 1.54) is 82.7 Å². The average Bonchev–Trinajstić information content (AvgIpc) is 3.68. The van der Waals surface area contributed by atoms with E-state index in [0.717, 1.165) is 17.1 Å². The molecule has 11 rings (SSSR count). The van der Waals surface area contributed by atoms with E-state index < -0.39 is 0 Å². The van der Waals surface area contributed by atoms with Gasteiger partial charge in [-0.1, -0.05) is 164 Å². The van der Waals surface area contributed by atoms with E-state index >= 15 is 0 Å². The number of hydrogen-bond acceptors (Lipinski definition) is 1. The van der Waals surface area contributed by atoms with Crippen molar-refractivity contribution >= 4 is 38.6 Å². The third kappa shape index (κ3) is 4.19. The predicted molar refractivity (Wildman–Crippen MR) is 223 cm³/mol. The fourth-order valence-corrected chi connectivity index (χ4v) is 9.59. The summed E-state index contributed by atoms with van der Waals surface area (Å²) in [6.45, 7) is 2.19. The smallest absolute Gasteiger partial charge is 0.0725 e. The zero-order valence-corrected chi connectivity index (χ0v) is 29.4. The van der Waals surface area contributed by atoms with Crippen molar-refractivity contribution in [1.29, 1.82) is 0 Å². The summed E-state index contributed by atoms with van der Waals surface area (Å²) < 4.78 is 0. The summed E-state index contributed by atoms with van der Waals surface area (Å²) in [4.78, 5) is 2.49. The molecule has 0 unspecified atom stereocenters. The summed E-state index contributed by atoms with van der Waals surface area (Å²) in [7, 11) is 0. The molecule has 0 saturated heterocycles. The fourth-order valence-electron chi connectivity index (χ4n) is 9.59. The van der Waals surface area contributed by atoms with Gasteiger partial charge in [-0.25, -0.2) is 0 Å². The zero-order chi connectivity index (χ0) is 35.1. The number of nitrogens with zero attached hydrogens (tertiary/aromatic N) is 1. The number of benzene rings is 9. The third-order valence-electron chi connectivity index (χ3n) is 11.7. The van der Waals surface area contributed by atoms with Gasteiger partial charge < -0.3 is 4.90 Å². The van der Waals surface area contributed by atoms with Crippen molar-refractivity contribution < 1.29 is 0 Å². The molecule has 0 saturated carbocycles. The Bertz CT molecular complexity index is 2880. The van der Waals surface area contributed by atoms with Crippen LogP contribution in [0.4, 0.5) is 17.1 Å². The van der Waals surface area contributed by atoms with Crippen LogP contribution in [0.2, 0.25) is 0 Å². The minimum atomic E-state index is -0.372. The Morgan fingerprint density at radius 3 is 1.57 bits per heavy atom. The Morgan fingerprint density at radius 1 is 0.358 bits per heavy atom. The highest BCUT2D eigenvalue weighted by Crippen LogP contribution is 2.63. The van der Waals surface area contributed by atoms with E-state index in [9.17, 15) is 0 Å². The van der Waals surface area contributed by atoms with Crippen LogP contribution in [0.15, 0.2) is 194 Å². The SMILES string of the molecule is Cc1cccc(N(c2ccc3c(c2)-c2ccccc2C32c3ccccc3-c3ccccc32)c2ccc3ccccc3c2-c2cccc3ccccc23)c1. The van der Waals surface area contributed by atoms with Crippen molar-refractivity contribution in [1.82, 2.24) is 0 Å². The van der Waals surface area contributed by atoms with Gasteiger partial charge in [0.05, 0.1) is 11.1 Å². The zero-order valence-electron chi connectivity index (χ0n) is 29.4. The molecule has 0 aliphatic heterocycles. The fraction of sp³-hybridized carbons (Fsp3) is 0.0385. The quantitative estimate of drug-likeness (QED) is 0.180. The van der Waals surface area contributed by atoms with Crippen LogP contribution < -0.4 is 4.90 Å². The maximum Gasteiger partial charge on any atom is 0.0725 e. The van der Waals surface area contributed by atoms with Gasteiger partial charge in [0, 0.05) is 16.9 Å².